The minimum Gasteiger partial charge on any atom is -0.465 e. The second-order valence-electron chi connectivity index (χ2n) is 3.75. The Morgan fingerprint density at radius 3 is 2.68 bits per heavy atom. The molecule has 1 aromatic rings. The van der Waals surface area contributed by atoms with Crippen LogP contribution in [0, 0.1) is 5.82 Å². The quantitative estimate of drug-likeness (QED) is 0.612. The highest BCUT2D eigenvalue weighted by Crippen LogP contribution is 2.21. The molecule has 19 heavy (non-hydrogen) atoms. The standard InChI is InChI=1S/C11H15FN2O4S/c1-3-18-11(15)7(2)14-19(16,17)10-8(12)5-4-6-9(10)13/h4-7,14H,3,13H2,1-2H3. The Labute approximate surface area is 110 Å². The molecule has 1 atom stereocenters. The molecule has 0 amide bonds. The second-order valence-corrected chi connectivity index (χ2v) is 5.40. The van der Waals surface area contributed by atoms with Gasteiger partial charge in [-0.05, 0) is 26.0 Å². The summed E-state index contributed by atoms with van der Waals surface area (Å²) in [5.41, 5.74) is 5.21. The third-order valence-electron chi connectivity index (χ3n) is 2.24. The van der Waals surface area contributed by atoms with E-state index >= 15 is 0 Å². The Morgan fingerprint density at radius 2 is 2.16 bits per heavy atom. The molecule has 1 rings (SSSR count). The van der Waals surface area contributed by atoms with Crippen molar-refractivity contribution in [1.29, 1.82) is 0 Å². The Morgan fingerprint density at radius 1 is 1.53 bits per heavy atom. The molecular formula is C11H15FN2O4S. The van der Waals surface area contributed by atoms with Gasteiger partial charge >= 0.3 is 5.97 Å². The van der Waals surface area contributed by atoms with E-state index in [2.05, 4.69) is 4.74 Å². The summed E-state index contributed by atoms with van der Waals surface area (Å²) < 4.78 is 44.1. The lowest BCUT2D eigenvalue weighted by atomic mass is 10.3. The van der Waals surface area contributed by atoms with Crippen LogP contribution in [0.15, 0.2) is 23.1 Å². The Bertz CT molecular complexity index is 554. The molecule has 0 aliphatic carbocycles. The summed E-state index contributed by atoms with van der Waals surface area (Å²) >= 11 is 0. The smallest absolute Gasteiger partial charge is 0.323 e. The highest BCUT2D eigenvalue weighted by molar-refractivity contribution is 7.89. The predicted octanol–water partition coefficient (Wildman–Crippen LogP) is 0.638. The van der Waals surface area contributed by atoms with Gasteiger partial charge in [-0.1, -0.05) is 6.07 Å². The van der Waals surface area contributed by atoms with Crippen molar-refractivity contribution in [2.75, 3.05) is 12.3 Å². The summed E-state index contributed by atoms with van der Waals surface area (Å²) in [6, 6.07) is 2.38. The average Bonchev–Trinajstić information content (AvgIpc) is 2.27. The lowest BCUT2D eigenvalue weighted by molar-refractivity contribution is -0.144. The number of carbonyl (C=O) groups is 1. The van der Waals surface area contributed by atoms with Crippen molar-refractivity contribution in [2.45, 2.75) is 24.8 Å². The van der Waals surface area contributed by atoms with E-state index in [1.165, 1.54) is 19.1 Å². The summed E-state index contributed by atoms with van der Waals surface area (Å²) in [5.74, 6) is -1.73. The van der Waals surface area contributed by atoms with Crippen molar-refractivity contribution in [3.8, 4) is 0 Å². The Balaban J connectivity index is 3.03. The summed E-state index contributed by atoms with van der Waals surface area (Å²) in [6.45, 7) is 3.01. The molecule has 0 radical (unpaired) electrons. The largest absolute Gasteiger partial charge is 0.465 e. The van der Waals surface area contributed by atoms with E-state index in [1.54, 1.807) is 6.92 Å². The molecule has 0 aliphatic rings. The normalized spacial score (nSPS) is 13.0. The van der Waals surface area contributed by atoms with Crippen molar-refractivity contribution in [3.05, 3.63) is 24.0 Å². The van der Waals surface area contributed by atoms with Crippen LogP contribution in [0.5, 0.6) is 0 Å². The maximum absolute atomic E-state index is 13.5. The molecule has 1 aromatic carbocycles. The number of rotatable bonds is 5. The fourth-order valence-electron chi connectivity index (χ4n) is 1.42. The van der Waals surface area contributed by atoms with Crippen LogP contribution in [0.2, 0.25) is 0 Å². The number of nitrogens with one attached hydrogen (secondary N) is 1. The molecule has 0 saturated carbocycles. The van der Waals surface area contributed by atoms with Crippen LogP contribution in [0.1, 0.15) is 13.8 Å². The van der Waals surface area contributed by atoms with Gasteiger partial charge < -0.3 is 10.5 Å². The van der Waals surface area contributed by atoms with E-state index in [9.17, 15) is 17.6 Å². The molecule has 0 aromatic heterocycles. The number of anilines is 1. The topological polar surface area (TPSA) is 98.5 Å². The van der Waals surface area contributed by atoms with Crippen LogP contribution in [0.3, 0.4) is 0 Å². The maximum Gasteiger partial charge on any atom is 0.323 e. The number of esters is 1. The molecule has 0 fully saturated rings. The SMILES string of the molecule is CCOC(=O)C(C)NS(=O)(=O)c1c(N)cccc1F. The Kier molecular flexibility index (Phi) is 4.84. The predicted molar refractivity (Wildman–Crippen MR) is 67.2 cm³/mol. The molecule has 1 unspecified atom stereocenters. The summed E-state index contributed by atoms with van der Waals surface area (Å²) in [7, 11) is -4.24. The highest BCUT2D eigenvalue weighted by Gasteiger charge is 2.27. The van der Waals surface area contributed by atoms with Crippen molar-refractivity contribution in [2.24, 2.45) is 0 Å². The van der Waals surface area contributed by atoms with Crippen molar-refractivity contribution >= 4 is 21.7 Å². The zero-order valence-electron chi connectivity index (χ0n) is 10.5. The number of hydrogen-bond acceptors (Lipinski definition) is 5. The van der Waals surface area contributed by atoms with Gasteiger partial charge in [0.05, 0.1) is 12.3 Å². The number of nitrogens with two attached hydrogens (primary N) is 1. The molecule has 0 aliphatic heterocycles. The zero-order valence-corrected chi connectivity index (χ0v) is 11.3. The summed E-state index contributed by atoms with van der Waals surface area (Å²) in [4.78, 5) is 10.7. The lowest BCUT2D eigenvalue weighted by Gasteiger charge is -2.14. The van der Waals surface area contributed by atoms with Gasteiger partial charge in [0.1, 0.15) is 16.8 Å². The Hall–Kier alpha value is -1.67. The van der Waals surface area contributed by atoms with Gasteiger partial charge in [-0.25, -0.2) is 12.8 Å². The minimum atomic E-state index is -4.24. The van der Waals surface area contributed by atoms with E-state index in [-0.39, 0.29) is 12.3 Å². The number of benzene rings is 1. The molecule has 0 saturated heterocycles. The minimum absolute atomic E-state index is 0.118. The fraction of sp³-hybridized carbons (Fsp3) is 0.364. The molecular weight excluding hydrogens is 275 g/mol. The molecule has 0 bridgehead atoms. The number of nitrogen functional groups attached to an aromatic ring is 1. The van der Waals surface area contributed by atoms with Gasteiger partial charge in [0, 0.05) is 0 Å². The molecule has 6 nitrogen and oxygen atoms in total. The molecule has 8 heteroatoms. The zero-order chi connectivity index (χ0) is 14.6. The first-order chi connectivity index (χ1) is 8.79. The van der Waals surface area contributed by atoms with Crippen molar-refractivity contribution in [3.63, 3.8) is 0 Å². The fourth-order valence-corrected chi connectivity index (χ4v) is 2.80. The van der Waals surface area contributed by atoms with Crippen LogP contribution < -0.4 is 10.5 Å². The van der Waals surface area contributed by atoms with Gasteiger partial charge in [0.25, 0.3) is 0 Å². The number of sulfonamides is 1. The lowest BCUT2D eigenvalue weighted by Crippen LogP contribution is -2.40. The van der Waals surface area contributed by atoms with Gasteiger partial charge in [0.2, 0.25) is 10.0 Å². The second kappa shape index (κ2) is 5.98. The van der Waals surface area contributed by atoms with Gasteiger partial charge in [-0.15, -0.1) is 0 Å². The molecule has 0 spiro atoms. The van der Waals surface area contributed by atoms with E-state index < -0.39 is 32.7 Å². The monoisotopic (exact) mass is 290 g/mol. The first-order valence-electron chi connectivity index (χ1n) is 5.52. The van der Waals surface area contributed by atoms with Crippen LogP contribution in [-0.2, 0) is 19.6 Å². The van der Waals surface area contributed by atoms with E-state index in [0.717, 1.165) is 6.07 Å². The van der Waals surface area contributed by atoms with Crippen LogP contribution in [0.4, 0.5) is 10.1 Å². The third kappa shape index (κ3) is 3.65. The summed E-state index contributed by atoms with van der Waals surface area (Å²) in [5, 5.41) is 0. The van der Waals surface area contributed by atoms with Crippen LogP contribution >= 0.6 is 0 Å². The van der Waals surface area contributed by atoms with Crippen molar-refractivity contribution in [1.82, 2.24) is 4.72 Å². The van der Waals surface area contributed by atoms with Crippen LogP contribution in [-0.4, -0.2) is 27.0 Å². The third-order valence-corrected chi connectivity index (χ3v) is 3.87. The maximum atomic E-state index is 13.5. The molecule has 0 heterocycles. The molecule has 106 valence electrons. The van der Waals surface area contributed by atoms with Crippen LogP contribution in [0.25, 0.3) is 0 Å². The van der Waals surface area contributed by atoms with Gasteiger partial charge in [0.15, 0.2) is 0 Å². The molecule has 3 N–H and O–H groups in total. The van der Waals surface area contributed by atoms with Gasteiger partial charge in [-0.2, -0.15) is 4.72 Å². The van der Waals surface area contributed by atoms with Gasteiger partial charge in [-0.3, -0.25) is 4.79 Å². The highest BCUT2D eigenvalue weighted by atomic mass is 32.2. The van der Waals surface area contributed by atoms with E-state index in [0.29, 0.717) is 0 Å². The number of hydrogen-bond donors (Lipinski definition) is 2. The number of carbonyl (C=O) groups excluding carboxylic acids is 1. The first-order valence-corrected chi connectivity index (χ1v) is 7.01. The number of ether oxygens (including phenoxy) is 1. The van der Waals surface area contributed by atoms with E-state index in [1.807, 2.05) is 4.72 Å². The average molecular weight is 290 g/mol. The van der Waals surface area contributed by atoms with E-state index in [4.69, 9.17) is 5.73 Å². The summed E-state index contributed by atoms with van der Waals surface area (Å²) in [6.07, 6.45) is 0. The number of halogens is 1. The van der Waals surface area contributed by atoms with Crippen molar-refractivity contribution < 1.29 is 22.3 Å². The first kappa shape index (κ1) is 15.4.